The first-order chi connectivity index (χ1) is 8.20. The summed E-state index contributed by atoms with van der Waals surface area (Å²) in [5.41, 5.74) is 0.441. The van der Waals surface area contributed by atoms with E-state index in [1.54, 1.807) is 29.1 Å². The van der Waals surface area contributed by atoms with Gasteiger partial charge in [-0.05, 0) is 12.1 Å². The van der Waals surface area contributed by atoms with Crippen molar-refractivity contribution < 1.29 is 4.74 Å². The molecule has 0 unspecified atom stereocenters. The van der Waals surface area contributed by atoms with Gasteiger partial charge in [0, 0.05) is 18.1 Å². The average molecular weight is 249 g/mol. The second-order valence-corrected chi connectivity index (χ2v) is 3.84. The van der Waals surface area contributed by atoms with Gasteiger partial charge in [0.15, 0.2) is 5.82 Å². The van der Waals surface area contributed by atoms with Crippen molar-refractivity contribution in [2.75, 3.05) is 0 Å². The van der Waals surface area contributed by atoms with Gasteiger partial charge in [-0.15, -0.1) is 10.2 Å². The average Bonchev–Trinajstić information content (AvgIpc) is 2.72. The van der Waals surface area contributed by atoms with E-state index in [-0.39, 0.29) is 6.61 Å². The summed E-state index contributed by atoms with van der Waals surface area (Å²) < 4.78 is 7.25. The molecule has 1 aromatic heterocycles. The zero-order chi connectivity index (χ0) is 12.3. The van der Waals surface area contributed by atoms with Crippen LogP contribution < -0.4 is 4.74 Å². The Morgan fingerprint density at radius 2 is 2.35 bits per heavy atom. The van der Waals surface area contributed by atoms with E-state index in [0.717, 1.165) is 0 Å². The molecule has 1 aromatic carbocycles. The van der Waals surface area contributed by atoms with Crippen LogP contribution in [0.15, 0.2) is 24.5 Å². The van der Waals surface area contributed by atoms with Crippen molar-refractivity contribution in [2.24, 2.45) is 7.05 Å². The van der Waals surface area contributed by atoms with Gasteiger partial charge in [0.2, 0.25) is 0 Å². The van der Waals surface area contributed by atoms with Gasteiger partial charge >= 0.3 is 0 Å². The van der Waals surface area contributed by atoms with Crippen LogP contribution in [0.1, 0.15) is 11.4 Å². The van der Waals surface area contributed by atoms with E-state index in [4.69, 9.17) is 21.6 Å². The molecule has 0 saturated heterocycles. The maximum Gasteiger partial charge on any atom is 0.170 e. The second-order valence-electron chi connectivity index (χ2n) is 3.40. The van der Waals surface area contributed by atoms with Gasteiger partial charge in [0.05, 0.1) is 5.56 Å². The lowest BCUT2D eigenvalue weighted by molar-refractivity contribution is 0.290. The number of hydrogen-bond acceptors (Lipinski definition) is 4. The van der Waals surface area contributed by atoms with Crippen molar-refractivity contribution in [1.82, 2.24) is 14.8 Å². The highest BCUT2D eigenvalue weighted by Crippen LogP contribution is 2.23. The van der Waals surface area contributed by atoms with Gasteiger partial charge in [-0.3, -0.25) is 0 Å². The van der Waals surface area contributed by atoms with Gasteiger partial charge in [0.25, 0.3) is 0 Å². The molecule has 86 valence electrons. The third-order valence-corrected chi connectivity index (χ3v) is 2.46. The number of aryl methyl sites for hydroxylation is 1. The summed E-state index contributed by atoms with van der Waals surface area (Å²) >= 11 is 5.84. The number of rotatable bonds is 3. The monoisotopic (exact) mass is 248 g/mol. The molecule has 0 aliphatic heterocycles. The molecule has 2 rings (SSSR count). The second kappa shape index (κ2) is 4.85. The van der Waals surface area contributed by atoms with Crippen LogP contribution in [0.3, 0.4) is 0 Å². The largest absolute Gasteiger partial charge is 0.484 e. The Labute approximate surface area is 103 Å². The van der Waals surface area contributed by atoms with E-state index in [9.17, 15) is 0 Å². The molecule has 0 aliphatic carbocycles. The predicted molar refractivity (Wildman–Crippen MR) is 61.5 cm³/mol. The molecule has 0 fully saturated rings. The van der Waals surface area contributed by atoms with Crippen LogP contribution in [0.2, 0.25) is 5.02 Å². The minimum absolute atomic E-state index is 0.242. The zero-order valence-electron chi connectivity index (χ0n) is 9.09. The first kappa shape index (κ1) is 11.4. The minimum atomic E-state index is 0.242. The van der Waals surface area contributed by atoms with Crippen LogP contribution in [-0.4, -0.2) is 14.8 Å². The van der Waals surface area contributed by atoms with E-state index in [0.29, 0.717) is 22.2 Å². The summed E-state index contributed by atoms with van der Waals surface area (Å²) in [6.45, 7) is 0.242. The van der Waals surface area contributed by atoms with Crippen molar-refractivity contribution in [1.29, 1.82) is 5.26 Å². The summed E-state index contributed by atoms with van der Waals surface area (Å²) in [6.07, 6.45) is 1.59. The Morgan fingerprint density at radius 1 is 1.53 bits per heavy atom. The summed E-state index contributed by atoms with van der Waals surface area (Å²) in [5.74, 6) is 1.12. The Morgan fingerprint density at radius 3 is 3.00 bits per heavy atom. The molecule has 0 radical (unpaired) electrons. The molecule has 0 saturated carbocycles. The molecule has 17 heavy (non-hydrogen) atoms. The molecule has 0 amide bonds. The van der Waals surface area contributed by atoms with E-state index >= 15 is 0 Å². The number of hydrogen-bond donors (Lipinski definition) is 0. The highest BCUT2D eigenvalue weighted by molar-refractivity contribution is 6.30. The minimum Gasteiger partial charge on any atom is -0.484 e. The zero-order valence-corrected chi connectivity index (χ0v) is 9.85. The van der Waals surface area contributed by atoms with Crippen molar-refractivity contribution in [3.8, 4) is 11.8 Å². The van der Waals surface area contributed by atoms with E-state index in [1.807, 2.05) is 13.1 Å². The molecular formula is C11H9ClN4O. The molecule has 0 spiro atoms. The van der Waals surface area contributed by atoms with Gasteiger partial charge in [-0.2, -0.15) is 5.26 Å². The van der Waals surface area contributed by atoms with Crippen LogP contribution in [0.25, 0.3) is 0 Å². The lowest BCUT2D eigenvalue weighted by Crippen LogP contribution is -2.03. The molecule has 0 bridgehead atoms. The van der Waals surface area contributed by atoms with Gasteiger partial charge in [-0.1, -0.05) is 11.6 Å². The number of halogens is 1. The van der Waals surface area contributed by atoms with Crippen LogP contribution in [0.4, 0.5) is 0 Å². The summed E-state index contributed by atoms with van der Waals surface area (Å²) in [5, 5.41) is 17.1. The Bertz CT molecular complexity index is 573. The van der Waals surface area contributed by atoms with Crippen molar-refractivity contribution in [3.63, 3.8) is 0 Å². The lowest BCUT2D eigenvalue weighted by Gasteiger charge is -2.07. The topological polar surface area (TPSA) is 63.7 Å². The summed E-state index contributed by atoms with van der Waals surface area (Å²) in [4.78, 5) is 0. The molecule has 2 aromatic rings. The van der Waals surface area contributed by atoms with Gasteiger partial charge in [0.1, 0.15) is 24.8 Å². The highest BCUT2D eigenvalue weighted by atomic mass is 35.5. The SMILES string of the molecule is Cn1cnnc1COc1cc(Cl)ccc1C#N. The normalized spacial score (nSPS) is 9.94. The molecule has 1 heterocycles. The molecule has 5 nitrogen and oxygen atoms in total. The van der Waals surface area contributed by atoms with E-state index in [2.05, 4.69) is 10.2 Å². The fourth-order valence-corrected chi connectivity index (χ4v) is 1.45. The summed E-state index contributed by atoms with van der Waals surface area (Å²) in [6, 6.07) is 6.92. The van der Waals surface area contributed by atoms with Gasteiger partial charge in [-0.25, -0.2) is 0 Å². The Balaban J connectivity index is 2.17. The number of nitriles is 1. The predicted octanol–water partition coefficient (Wildman–Crippen LogP) is 1.92. The van der Waals surface area contributed by atoms with Crippen molar-refractivity contribution in [2.45, 2.75) is 6.61 Å². The van der Waals surface area contributed by atoms with Crippen LogP contribution in [0.5, 0.6) is 5.75 Å². The smallest absolute Gasteiger partial charge is 0.170 e. The van der Waals surface area contributed by atoms with Gasteiger partial charge < -0.3 is 9.30 Å². The van der Waals surface area contributed by atoms with E-state index in [1.165, 1.54) is 0 Å². The Hall–Kier alpha value is -2.06. The molecule has 0 atom stereocenters. The molecule has 0 N–H and O–H groups in total. The third-order valence-electron chi connectivity index (χ3n) is 2.23. The third kappa shape index (κ3) is 2.55. The molecule has 0 aliphatic rings. The first-order valence-electron chi connectivity index (χ1n) is 4.86. The fraction of sp³-hybridized carbons (Fsp3) is 0.182. The lowest BCUT2D eigenvalue weighted by atomic mass is 10.2. The van der Waals surface area contributed by atoms with Crippen LogP contribution in [-0.2, 0) is 13.7 Å². The number of aromatic nitrogens is 3. The number of benzene rings is 1. The fourth-order valence-electron chi connectivity index (χ4n) is 1.29. The van der Waals surface area contributed by atoms with E-state index < -0.39 is 0 Å². The molecule has 6 heteroatoms. The number of ether oxygens (including phenoxy) is 1. The standard InChI is InChI=1S/C11H9ClN4O/c1-16-7-14-15-11(16)6-17-10-4-9(12)3-2-8(10)5-13/h2-4,7H,6H2,1H3. The van der Waals surface area contributed by atoms with Crippen LogP contribution in [0, 0.1) is 11.3 Å². The Kier molecular flexibility index (Phi) is 3.26. The van der Waals surface area contributed by atoms with Crippen molar-refractivity contribution in [3.05, 3.63) is 40.9 Å². The maximum atomic E-state index is 8.91. The van der Waals surface area contributed by atoms with Crippen molar-refractivity contribution >= 4 is 11.6 Å². The summed E-state index contributed by atoms with van der Waals surface area (Å²) in [7, 11) is 1.82. The quantitative estimate of drug-likeness (QED) is 0.832. The highest BCUT2D eigenvalue weighted by Gasteiger charge is 2.06. The van der Waals surface area contributed by atoms with Crippen LogP contribution >= 0.6 is 11.6 Å². The maximum absolute atomic E-state index is 8.91. The molecular weight excluding hydrogens is 240 g/mol. The number of nitrogens with zero attached hydrogens (tertiary/aromatic N) is 4. The first-order valence-corrected chi connectivity index (χ1v) is 5.24.